The number of hydrogen-bond donors (Lipinski definition) is 2. The summed E-state index contributed by atoms with van der Waals surface area (Å²) in [6, 6.07) is 4.28. The molecule has 1 aliphatic heterocycles. The van der Waals surface area contributed by atoms with E-state index in [1.807, 2.05) is 0 Å². The highest BCUT2D eigenvalue weighted by molar-refractivity contribution is 5.95. The predicted octanol–water partition coefficient (Wildman–Crippen LogP) is 2.99. The van der Waals surface area contributed by atoms with Gasteiger partial charge in [0, 0.05) is 37.0 Å². The van der Waals surface area contributed by atoms with Crippen LogP contribution < -0.4 is 5.32 Å². The van der Waals surface area contributed by atoms with Crippen LogP contribution in [0.15, 0.2) is 24.4 Å². The number of nitrogens with one attached hydrogen (secondary N) is 1. The van der Waals surface area contributed by atoms with Gasteiger partial charge in [0.1, 0.15) is 0 Å². The average Bonchev–Trinajstić information content (AvgIpc) is 3.34. The van der Waals surface area contributed by atoms with E-state index in [1.54, 1.807) is 6.92 Å². The molecule has 1 unspecified atom stereocenters. The minimum atomic E-state index is -4.63. The summed E-state index contributed by atoms with van der Waals surface area (Å²) in [5.41, 5.74) is -0.442. The standard InChI is InChI=1S/C19H22F3N3O3/c1-2-25-10-16(17(24-25)19(20,21)22)13-6-12(11-26)7-14(8-13)18(27)23-9-15-4-3-5-28-15/h6-8,10,15,26H,2-5,9,11H2,1H3,(H,23,27). The molecule has 28 heavy (non-hydrogen) atoms. The molecule has 0 bridgehead atoms. The number of amides is 1. The highest BCUT2D eigenvalue weighted by atomic mass is 19.4. The second kappa shape index (κ2) is 8.32. The normalized spacial score (nSPS) is 17.1. The molecular weight excluding hydrogens is 375 g/mol. The first-order valence-corrected chi connectivity index (χ1v) is 9.11. The van der Waals surface area contributed by atoms with Gasteiger partial charge in [-0.2, -0.15) is 18.3 Å². The summed E-state index contributed by atoms with van der Waals surface area (Å²) < 4.78 is 46.9. The van der Waals surface area contributed by atoms with E-state index in [0.717, 1.165) is 12.8 Å². The van der Waals surface area contributed by atoms with Gasteiger partial charge in [0.05, 0.1) is 12.7 Å². The molecule has 2 heterocycles. The number of aliphatic hydroxyl groups excluding tert-OH is 1. The Morgan fingerprint density at radius 1 is 1.39 bits per heavy atom. The van der Waals surface area contributed by atoms with Crippen molar-refractivity contribution in [3.05, 3.63) is 41.2 Å². The van der Waals surface area contributed by atoms with Crippen LogP contribution in [-0.2, 0) is 24.1 Å². The second-order valence-corrected chi connectivity index (χ2v) is 6.67. The van der Waals surface area contributed by atoms with Crippen molar-refractivity contribution >= 4 is 5.91 Å². The summed E-state index contributed by atoms with van der Waals surface area (Å²) in [5.74, 6) is -0.427. The summed E-state index contributed by atoms with van der Waals surface area (Å²) in [6.45, 7) is 2.55. The van der Waals surface area contributed by atoms with Gasteiger partial charge in [-0.3, -0.25) is 9.48 Å². The zero-order chi connectivity index (χ0) is 20.3. The van der Waals surface area contributed by atoms with E-state index in [1.165, 1.54) is 29.1 Å². The lowest BCUT2D eigenvalue weighted by atomic mass is 9.99. The number of ether oxygens (including phenoxy) is 1. The van der Waals surface area contributed by atoms with Gasteiger partial charge < -0.3 is 15.2 Å². The molecule has 152 valence electrons. The number of aryl methyl sites for hydroxylation is 1. The highest BCUT2D eigenvalue weighted by Gasteiger charge is 2.37. The van der Waals surface area contributed by atoms with Crippen LogP contribution in [-0.4, -0.2) is 40.0 Å². The summed E-state index contributed by atoms with van der Waals surface area (Å²) >= 11 is 0. The van der Waals surface area contributed by atoms with Crippen LogP contribution >= 0.6 is 0 Å². The van der Waals surface area contributed by atoms with Crippen LogP contribution in [0.3, 0.4) is 0 Å². The van der Waals surface area contributed by atoms with E-state index in [-0.39, 0.29) is 29.3 Å². The molecule has 0 aliphatic carbocycles. The third-order valence-electron chi connectivity index (χ3n) is 4.62. The molecule has 1 amide bonds. The molecule has 0 radical (unpaired) electrons. The Morgan fingerprint density at radius 3 is 2.79 bits per heavy atom. The van der Waals surface area contributed by atoms with Gasteiger partial charge in [-0.05, 0) is 49.1 Å². The Bertz CT molecular complexity index is 843. The molecule has 2 aromatic rings. The first-order valence-electron chi connectivity index (χ1n) is 9.11. The molecule has 1 aromatic carbocycles. The summed E-state index contributed by atoms with van der Waals surface area (Å²) in [7, 11) is 0. The van der Waals surface area contributed by atoms with Crippen LogP contribution in [0.2, 0.25) is 0 Å². The van der Waals surface area contributed by atoms with Crippen LogP contribution in [0.25, 0.3) is 11.1 Å². The Balaban J connectivity index is 1.93. The van der Waals surface area contributed by atoms with Crippen LogP contribution in [0.4, 0.5) is 13.2 Å². The summed E-state index contributed by atoms with van der Waals surface area (Å²) in [5, 5.41) is 15.9. The van der Waals surface area contributed by atoms with E-state index >= 15 is 0 Å². The number of aromatic nitrogens is 2. The quantitative estimate of drug-likeness (QED) is 0.786. The molecular formula is C19H22F3N3O3. The van der Waals surface area contributed by atoms with Gasteiger partial charge in [-0.25, -0.2) is 0 Å². The van der Waals surface area contributed by atoms with E-state index in [2.05, 4.69) is 10.4 Å². The average molecular weight is 397 g/mol. The first kappa shape index (κ1) is 20.3. The zero-order valence-corrected chi connectivity index (χ0v) is 15.4. The number of carbonyl (C=O) groups is 1. The topological polar surface area (TPSA) is 76.4 Å². The van der Waals surface area contributed by atoms with Crippen LogP contribution in [0.5, 0.6) is 0 Å². The number of hydrogen-bond acceptors (Lipinski definition) is 4. The molecule has 0 saturated carbocycles. The van der Waals surface area contributed by atoms with E-state index in [9.17, 15) is 23.1 Å². The second-order valence-electron chi connectivity index (χ2n) is 6.67. The maximum Gasteiger partial charge on any atom is 0.435 e. The van der Waals surface area contributed by atoms with Gasteiger partial charge >= 0.3 is 6.18 Å². The van der Waals surface area contributed by atoms with Crippen molar-refractivity contribution in [2.24, 2.45) is 0 Å². The van der Waals surface area contributed by atoms with Crippen molar-refractivity contribution in [3.63, 3.8) is 0 Å². The zero-order valence-electron chi connectivity index (χ0n) is 15.4. The maximum absolute atomic E-state index is 13.4. The predicted molar refractivity (Wildman–Crippen MR) is 95.6 cm³/mol. The number of aliphatic hydroxyl groups is 1. The summed E-state index contributed by atoms with van der Waals surface area (Å²) in [4.78, 5) is 12.5. The number of carbonyl (C=O) groups excluding carboxylic acids is 1. The van der Waals surface area contributed by atoms with E-state index < -0.39 is 24.4 Å². The van der Waals surface area contributed by atoms with Crippen LogP contribution in [0.1, 0.15) is 41.4 Å². The lowest BCUT2D eigenvalue weighted by molar-refractivity contribution is -0.141. The SMILES string of the molecule is CCn1cc(-c2cc(CO)cc(C(=O)NCC3CCCO3)c2)c(C(F)(F)F)n1. The molecule has 6 nitrogen and oxygen atoms in total. The van der Waals surface area contributed by atoms with Gasteiger partial charge in [0.2, 0.25) is 0 Å². The lowest BCUT2D eigenvalue weighted by Crippen LogP contribution is -2.31. The van der Waals surface area contributed by atoms with Crippen LogP contribution in [0, 0.1) is 0 Å². The lowest BCUT2D eigenvalue weighted by Gasteiger charge is -2.13. The maximum atomic E-state index is 13.4. The van der Waals surface area contributed by atoms with Crippen molar-refractivity contribution in [2.75, 3.05) is 13.2 Å². The summed E-state index contributed by atoms with van der Waals surface area (Å²) in [6.07, 6.45) is -1.59. The van der Waals surface area contributed by atoms with E-state index in [0.29, 0.717) is 18.7 Å². The molecule has 1 atom stereocenters. The van der Waals surface area contributed by atoms with Gasteiger partial charge in [-0.15, -0.1) is 0 Å². The van der Waals surface area contributed by atoms with Crippen molar-refractivity contribution in [1.82, 2.24) is 15.1 Å². The Labute approximate surface area is 160 Å². The number of rotatable bonds is 6. The van der Waals surface area contributed by atoms with Crippen molar-refractivity contribution < 1.29 is 27.8 Å². The Hall–Kier alpha value is -2.39. The number of alkyl halides is 3. The monoisotopic (exact) mass is 397 g/mol. The van der Waals surface area contributed by atoms with Crippen molar-refractivity contribution in [1.29, 1.82) is 0 Å². The molecule has 1 fully saturated rings. The smallest absolute Gasteiger partial charge is 0.392 e. The molecule has 0 spiro atoms. The Kier molecular flexibility index (Phi) is 6.04. The minimum absolute atomic E-state index is 0.0518. The minimum Gasteiger partial charge on any atom is -0.392 e. The van der Waals surface area contributed by atoms with Gasteiger partial charge in [0.15, 0.2) is 5.69 Å². The molecule has 3 rings (SSSR count). The molecule has 1 aliphatic rings. The molecule has 9 heteroatoms. The molecule has 1 aromatic heterocycles. The van der Waals surface area contributed by atoms with Gasteiger partial charge in [0.25, 0.3) is 5.91 Å². The number of halogens is 3. The van der Waals surface area contributed by atoms with Crippen molar-refractivity contribution in [2.45, 2.75) is 45.2 Å². The fraction of sp³-hybridized carbons (Fsp3) is 0.474. The number of benzene rings is 1. The number of nitrogens with zero attached hydrogens (tertiary/aromatic N) is 2. The largest absolute Gasteiger partial charge is 0.435 e. The van der Waals surface area contributed by atoms with E-state index in [4.69, 9.17) is 4.74 Å². The fourth-order valence-corrected chi connectivity index (χ4v) is 3.19. The van der Waals surface area contributed by atoms with Crippen molar-refractivity contribution in [3.8, 4) is 11.1 Å². The molecule has 1 saturated heterocycles. The molecule has 2 N–H and O–H groups in total. The van der Waals surface area contributed by atoms with Gasteiger partial charge in [-0.1, -0.05) is 0 Å². The highest BCUT2D eigenvalue weighted by Crippen LogP contribution is 2.36. The third-order valence-corrected chi connectivity index (χ3v) is 4.62. The fourth-order valence-electron chi connectivity index (χ4n) is 3.19. The Morgan fingerprint density at radius 2 is 2.18 bits per heavy atom. The third kappa shape index (κ3) is 4.53. The first-order chi connectivity index (χ1) is 13.3.